The number of rotatable bonds is 5. The first-order chi connectivity index (χ1) is 8.20. The number of ether oxygens (including phenoxy) is 1. The second-order valence-corrected chi connectivity index (χ2v) is 4.13. The molecule has 2 rings (SSSR count). The second kappa shape index (κ2) is 4.97. The highest BCUT2D eigenvalue weighted by Crippen LogP contribution is 2.28. The van der Waals surface area contributed by atoms with Gasteiger partial charge in [-0.05, 0) is 18.8 Å². The van der Waals surface area contributed by atoms with Gasteiger partial charge < -0.3 is 4.74 Å². The first-order valence-corrected chi connectivity index (χ1v) is 5.52. The summed E-state index contributed by atoms with van der Waals surface area (Å²) in [4.78, 5) is 24.6. The highest BCUT2D eigenvalue weighted by molar-refractivity contribution is 5.21. The van der Waals surface area contributed by atoms with Crippen molar-refractivity contribution in [3.63, 3.8) is 0 Å². The van der Waals surface area contributed by atoms with Crippen molar-refractivity contribution in [1.82, 2.24) is 9.55 Å². The zero-order valence-corrected chi connectivity index (χ0v) is 9.31. The number of hydrogen-bond donors (Lipinski definition) is 1. The van der Waals surface area contributed by atoms with Crippen molar-refractivity contribution in [2.75, 3.05) is 13.2 Å². The van der Waals surface area contributed by atoms with Crippen LogP contribution >= 0.6 is 0 Å². The number of nitrogens with zero attached hydrogens (tertiary/aromatic N) is 2. The summed E-state index contributed by atoms with van der Waals surface area (Å²) in [5.41, 5.74) is -1.22. The Morgan fingerprint density at radius 1 is 1.53 bits per heavy atom. The molecule has 1 fully saturated rings. The molecule has 0 unspecified atom stereocenters. The van der Waals surface area contributed by atoms with Crippen molar-refractivity contribution in [3.05, 3.63) is 32.6 Å². The molecule has 0 saturated heterocycles. The smallest absolute Gasteiger partial charge is 0.328 e. The predicted molar refractivity (Wildman–Crippen MR) is 59.6 cm³/mol. The fraction of sp³-hybridized carbons (Fsp3) is 0.545. The van der Waals surface area contributed by atoms with Gasteiger partial charge in [-0.25, -0.2) is 4.79 Å². The van der Waals surface area contributed by atoms with Crippen LogP contribution in [0.25, 0.3) is 0 Å². The summed E-state index contributed by atoms with van der Waals surface area (Å²) in [6, 6.07) is 1.74. The Hall–Kier alpha value is -1.87. The topological polar surface area (TPSA) is 87.9 Å². The minimum atomic E-state index is -0.646. The van der Waals surface area contributed by atoms with Crippen molar-refractivity contribution in [2.45, 2.75) is 19.4 Å². The maximum absolute atomic E-state index is 11.4. The molecule has 6 nitrogen and oxygen atoms in total. The Morgan fingerprint density at radius 3 is 2.94 bits per heavy atom. The summed E-state index contributed by atoms with van der Waals surface area (Å²) in [6.07, 6.45) is 3.70. The fourth-order valence-corrected chi connectivity index (χ4v) is 1.45. The Kier molecular flexibility index (Phi) is 3.40. The van der Waals surface area contributed by atoms with E-state index in [4.69, 9.17) is 10.00 Å². The van der Waals surface area contributed by atoms with Gasteiger partial charge in [0.15, 0.2) is 0 Å². The molecule has 1 heterocycles. The lowest BCUT2D eigenvalue weighted by atomic mass is 10.4. The summed E-state index contributed by atoms with van der Waals surface area (Å²) in [5.74, 6) is 0.678. The predicted octanol–water partition coefficient (Wildman–Crippen LogP) is -0.165. The number of H-pyrrole nitrogens is 1. The first-order valence-electron chi connectivity index (χ1n) is 5.52. The summed E-state index contributed by atoms with van der Waals surface area (Å²) < 4.78 is 6.67. The van der Waals surface area contributed by atoms with E-state index in [-0.39, 0.29) is 5.56 Å². The number of aromatic amines is 1. The van der Waals surface area contributed by atoms with E-state index in [2.05, 4.69) is 4.98 Å². The number of nitriles is 1. The standard InChI is InChI=1S/C11H13N3O3/c12-5-9-6-14(11(16)13-10(9)15)3-4-17-7-8-1-2-8/h6,8H,1-4,7H2,(H,13,15,16). The van der Waals surface area contributed by atoms with Gasteiger partial charge in [0.25, 0.3) is 5.56 Å². The lowest BCUT2D eigenvalue weighted by molar-refractivity contribution is 0.116. The zero-order valence-electron chi connectivity index (χ0n) is 9.31. The van der Waals surface area contributed by atoms with E-state index in [1.54, 1.807) is 6.07 Å². The Bertz CT molecular complexity index is 548. The Balaban J connectivity index is 1.97. The van der Waals surface area contributed by atoms with Crippen LogP contribution in [0.5, 0.6) is 0 Å². The summed E-state index contributed by atoms with van der Waals surface area (Å²) in [6.45, 7) is 1.48. The normalized spacial score (nSPS) is 14.5. The molecule has 0 spiro atoms. The molecule has 0 radical (unpaired) electrons. The molecule has 1 aliphatic carbocycles. The average Bonchev–Trinajstić information content (AvgIpc) is 3.10. The Labute approximate surface area is 97.5 Å². The van der Waals surface area contributed by atoms with Gasteiger partial charge in [0.2, 0.25) is 0 Å². The third-order valence-corrected chi connectivity index (χ3v) is 2.66. The van der Waals surface area contributed by atoms with E-state index in [0.29, 0.717) is 19.1 Å². The van der Waals surface area contributed by atoms with E-state index in [1.165, 1.54) is 23.6 Å². The van der Waals surface area contributed by atoms with Crippen LogP contribution in [0.4, 0.5) is 0 Å². The first kappa shape index (κ1) is 11.6. The number of hydrogen-bond acceptors (Lipinski definition) is 4. The molecule has 1 N–H and O–H groups in total. The highest BCUT2D eigenvalue weighted by Gasteiger charge is 2.20. The molecule has 0 aromatic carbocycles. The van der Waals surface area contributed by atoms with Gasteiger partial charge in [0.1, 0.15) is 11.6 Å². The van der Waals surface area contributed by atoms with Crippen molar-refractivity contribution >= 4 is 0 Å². The molecule has 1 aromatic rings. The molecule has 1 aliphatic rings. The maximum Gasteiger partial charge on any atom is 0.328 e. The van der Waals surface area contributed by atoms with E-state index >= 15 is 0 Å². The van der Waals surface area contributed by atoms with Gasteiger partial charge in [0, 0.05) is 12.8 Å². The highest BCUT2D eigenvalue weighted by atomic mass is 16.5. The molecule has 0 aliphatic heterocycles. The SMILES string of the molecule is N#Cc1cn(CCOCC2CC2)c(=O)[nH]c1=O. The van der Waals surface area contributed by atoms with E-state index in [9.17, 15) is 9.59 Å². The molecule has 90 valence electrons. The zero-order chi connectivity index (χ0) is 12.3. The third kappa shape index (κ3) is 3.04. The van der Waals surface area contributed by atoms with Gasteiger partial charge in [-0.1, -0.05) is 0 Å². The van der Waals surface area contributed by atoms with Gasteiger partial charge >= 0.3 is 5.69 Å². The van der Waals surface area contributed by atoms with Gasteiger partial charge in [-0.2, -0.15) is 5.26 Å². The molecule has 0 atom stereocenters. The van der Waals surface area contributed by atoms with Crippen LogP contribution in [-0.2, 0) is 11.3 Å². The summed E-state index contributed by atoms with van der Waals surface area (Å²) >= 11 is 0. The van der Waals surface area contributed by atoms with Crippen molar-refractivity contribution in [3.8, 4) is 6.07 Å². The van der Waals surface area contributed by atoms with Crippen molar-refractivity contribution in [1.29, 1.82) is 5.26 Å². The van der Waals surface area contributed by atoms with Crippen LogP contribution in [0.1, 0.15) is 18.4 Å². The van der Waals surface area contributed by atoms with Crippen LogP contribution in [0, 0.1) is 17.2 Å². The van der Waals surface area contributed by atoms with Crippen LogP contribution < -0.4 is 11.2 Å². The summed E-state index contributed by atoms with van der Waals surface area (Å²) in [7, 11) is 0. The minimum Gasteiger partial charge on any atom is -0.379 e. The molecular formula is C11H13N3O3. The third-order valence-electron chi connectivity index (χ3n) is 2.66. The molecular weight excluding hydrogens is 222 g/mol. The van der Waals surface area contributed by atoms with Crippen LogP contribution in [0.2, 0.25) is 0 Å². The average molecular weight is 235 g/mol. The minimum absolute atomic E-state index is 0.0632. The lowest BCUT2D eigenvalue weighted by Gasteiger charge is -2.05. The van der Waals surface area contributed by atoms with Gasteiger partial charge in [0.05, 0.1) is 13.2 Å². The van der Waals surface area contributed by atoms with Crippen LogP contribution in [-0.4, -0.2) is 22.8 Å². The lowest BCUT2D eigenvalue weighted by Crippen LogP contribution is -2.32. The molecule has 1 saturated carbocycles. The molecule has 0 amide bonds. The fourth-order valence-electron chi connectivity index (χ4n) is 1.45. The number of aromatic nitrogens is 2. The number of nitrogens with one attached hydrogen (secondary N) is 1. The van der Waals surface area contributed by atoms with Crippen molar-refractivity contribution in [2.24, 2.45) is 5.92 Å². The Morgan fingerprint density at radius 2 is 2.29 bits per heavy atom. The maximum atomic E-state index is 11.4. The van der Waals surface area contributed by atoms with E-state index in [1.807, 2.05) is 0 Å². The monoisotopic (exact) mass is 235 g/mol. The molecule has 17 heavy (non-hydrogen) atoms. The van der Waals surface area contributed by atoms with Crippen LogP contribution in [0.15, 0.2) is 15.8 Å². The van der Waals surface area contributed by atoms with Gasteiger partial charge in [-0.15, -0.1) is 0 Å². The summed E-state index contributed by atoms with van der Waals surface area (Å²) in [5, 5.41) is 8.67. The quantitative estimate of drug-likeness (QED) is 0.718. The van der Waals surface area contributed by atoms with Gasteiger partial charge in [-0.3, -0.25) is 14.3 Å². The van der Waals surface area contributed by atoms with E-state index in [0.717, 1.165) is 6.61 Å². The van der Waals surface area contributed by atoms with E-state index < -0.39 is 11.2 Å². The molecule has 0 bridgehead atoms. The molecule has 6 heteroatoms. The molecule has 1 aromatic heterocycles. The largest absolute Gasteiger partial charge is 0.379 e. The van der Waals surface area contributed by atoms with Crippen LogP contribution in [0.3, 0.4) is 0 Å². The van der Waals surface area contributed by atoms with Crippen molar-refractivity contribution < 1.29 is 4.74 Å². The second-order valence-electron chi connectivity index (χ2n) is 4.13.